The summed E-state index contributed by atoms with van der Waals surface area (Å²) in [6, 6.07) is 0.116. The van der Waals surface area contributed by atoms with Gasteiger partial charge in [-0.25, -0.2) is 0 Å². The molecule has 1 atom stereocenters. The van der Waals surface area contributed by atoms with Crippen LogP contribution in [-0.4, -0.2) is 34.6 Å². The molecule has 1 saturated heterocycles. The minimum Gasteiger partial charge on any atom is -0.480 e. The summed E-state index contributed by atoms with van der Waals surface area (Å²) < 4.78 is 0. The Labute approximate surface area is 73.4 Å². The summed E-state index contributed by atoms with van der Waals surface area (Å²) in [6.45, 7) is 5.05. The molecule has 0 spiro atoms. The van der Waals surface area contributed by atoms with E-state index in [0.717, 1.165) is 25.8 Å². The van der Waals surface area contributed by atoms with E-state index in [2.05, 4.69) is 18.7 Å². The third-order valence-corrected chi connectivity index (χ3v) is 2.49. The van der Waals surface area contributed by atoms with Crippen LogP contribution in [0.2, 0.25) is 0 Å². The maximum Gasteiger partial charge on any atom is 0.320 e. The number of rotatable bonds is 2. The van der Waals surface area contributed by atoms with E-state index in [1.165, 1.54) is 0 Å². The van der Waals surface area contributed by atoms with Crippen molar-refractivity contribution in [3.8, 4) is 0 Å². The standard InChI is InChI=1S/C9H17NO2/c1-7(2)10-6-4-3-5-8(10)9(11)12/h7-8H,3-6H2,1-2H3,(H,11,12). The Bertz CT molecular complexity index is 168. The number of piperidine rings is 1. The largest absolute Gasteiger partial charge is 0.480 e. The molecule has 1 rings (SSSR count). The first kappa shape index (κ1) is 9.52. The van der Waals surface area contributed by atoms with E-state index in [0.29, 0.717) is 6.04 Å². The SMILES string of the molecule is CC(C)N1CCCCC1C(=O)O. The maximum atomic E-state index is 10.8. The zero-order valence-corrected chi connectivity index (χ0v) is 7.79. The first-order valence-electron chi connectivity index (χ1n) is 4.61. The van der Waals surface area contributed by atoms with Crippen LogP contribution < -0.4 is 0 Å². The summed E-state index contributed by atoms with van der Waals surface area (Å²) in [5, 5.41) is 8.92. The Morgan fingerprint density at radius 1 is 1.50 bits per heavy atom. The molecule has 0 bridgehead atoms. The molecular formula is C9H17NO2. The predicted molar refractivity (Wildman–Crippen MR) is 47.1 cm³/mol. The lowest BCUT2D eigenvalue weighted by Crippen LogP contribution is -2.48. The Morgan fingerprint density at radius 3 is 2.58 bits per heavy atom. The lowest BCUT2D eigenvalue weighted by Gasteiger charge is -2.35. The molecular weight excluding hydrogens is 154 g/mol. The molecule has 0 aromatic heterocycles. The first-order chi connectivity index (χ1) is 5.63. The molecule has 70 valence electrons. The molecule has 0 radical (unpaired) electrons. The average Bonchev–Trinajstić information content (AvgIpc) is 2.04. The van der Waals surface area contributed by atoms with E-state index in [4.69, 9.17) is 5.11 Å². The van der Waals surface area contributed by atoms with Crippen LogP contribution in [0.25, 0.3) is 0 Å². The monoisotopic (exact) mass is 171 g/mol. The van der Waals surface area contributed by atoms with Crippen LogP contribution in [0.3, 0.4) is 0 Å². The highest BCUT2D eigenvalue weighted by molar-refractivity contribution is 5.73. The second-order valence-corrected chi connectivity index (χ2v) is 3.68. The molecule has 0 aromatic rings. The van der Waals surface area contributed by atoms with Crippen LogP contribution in [0, 0.1) is 0 Å². The zero-order valence-electron chi connectivity index (χ0n) is 7.79. The topological polar surface area (TPSA) is 40.5 Å². The lowest BCUT2D eigenvalue weighted by atomic mass is 10.0. The summed E-state index contributed by atoms with van der Waals surface area (Å²) in [5.41, 5.74) is 0. The van der Waals surface area contributed by atoms with Gasteiger partial charge < -0.3 is 5.11 Å². The molecule has 12 heavy (non-hydrogen) atoms. The molecule has 3 heteroatoms. The van der Waals surface area contributed by atoms with Gasteiger partial charge in [-0.05, 0) is 33.2 Å². The molecule has 1 unspecified atom stereocenters. The Hall–Kier alpha value is -0.570. The third kappa shape index (κ3) is 1.97. The highest BCUT2D eigenvalue weighted by Gasteiger charge is 2.29. The predicted octanol–water partition coefficient (Wildman–Crippen LogP) is 1.33. The molecule has 1 aliphatic rings. The van der Waals surface area contributed by atoms with Crippen LogP contribution in [-0.2, 0) is 4.79 Å². The molecule has 1 N–H and O–H groups in total. The van der Waals surface area contributed by atoms with E-state index in [-0.39, 0.29) is 6.04 Å². The fourth-order valence-corrected chi connectivity index (χ4v) is 1.84. The molecule has 1 fully saturated rings. The normalized spacial score (nSPS) is 26.1. The minimum atomic E-state index is -0.664. The van der Waals surface area contributed by atoms with Gasteiger partial charge in [-0.3, -0.25) is 9.69 Å². The van der Waals surface area contributed by atoms with Crippen LogP contribution in [0.15, 0.2) is 0 Å². The Morgan fingerprint density at radius 2 is 2.17 bits per heavy atom. The van der Waals surface area contributed by atoms with Crippen molar-refractivity contribution >= 4 is 5.97 Å². The number of carboxylic acid groups (broad SMARTS) is 1. The fraction of sp³-hybridized carbons (Fsp3) is 0.889. The number of likely N-dealkylation sites (tertiary alicyclic amines) is 1. The van der Waals surface area contributed by atoms with Gasteiger partial charge in [0.25, 0.3) is 0 Å². The van der Waals surface area contributed by atoms with Gasteiger partial charge in [-0.2, -0.15) is 0 Å². The van der Waals surface area contributed by atoms with E-state index in [1.54, 1.807) is 0 Å². The lowest BCUT2D eigenvalue weighted by molar-refractivity contribution is -0.145. The van der Waals surface area contributed by atoms with Crippen LogP contribution in [0.5, 0.6) is 0 Å². The van der Waals surface area contributed by atoms with Crippen LogP contribution in [0.1, 0.15) is 33.1 Å². The molecule has 0 amide bonds. The average molecular weight is 171 g/mol. The van der Waals surface area contributed by atoms with E-state index < -0.39 is 5.97 Å². The van der Waals surface area contributed by atoms with Gasteiger partial charge in [0.05, 0.1) is 0 Å². The first-order valence-corrected chi connectivity index (χ1v) is 4.61. The Kier molecular flexibility index (Phi) is 3.09. The summed E-state index contributed by atoms with van der Waals surface area (Å²) >= 11 is 0. The van der Waals surface area contributed by atoms with E-state index in [1.807, 2.05) is 0 Å². The summed E-state index contributed by atoms with van der Waals surface area (Å²) in [5.74, 6) is -0.664. The zero-order chi connectivity index (χ0) is 9.14. The Balaban J connectivity index is 2.60. The number of nitrogens with zero attached hydrogens (tertiary/aromatic N) is 1. The van der Waals surface area contributed by atoms with Crippen LogP contribution in [0.4, 0.5) is 0 Å². The fourth-order valence-electron chi connectivity index (χ4n) is 1.84. The summed E-state index contributed by atoms with van der Waals surface area (Å²) in [4.78, 5) is 12.9. The van der Waals surface area contributed by atoms with Gasteiger partial charge in [0, 0.05) is 6.04 Å². The van der Waals surface area contributed by atoms with Crippen molar-refractivity contribution in [2.75, 3.05) is 6.54 Å². The van der Waals surface area contributed by atoms with Crippen molar-refractivity contribution in [1.29, 1.82) is 0 Å². The van der Waals surface area contributed by atoms with Crippen molar-refractivity contribution in [3.63, 3.8) is 0 Å². The smallest absolute Gasteiger partial charge is 0.320 e. The van der Waals surface area contributed by atoms with Crippen molar-refractivity contribution in [1.82, 2.24) is 4.90 Å². The van der Waals surface area contributed by atoms with Crippen molar-refractivity contribution in [2.24, 2.45) is 0 Å². The van der Waals surface area contributed by atoms with Gasteiger partial charge in [0.15, 0.2) is 0 Å². The molecule has 3 nitrogen and oxygen atoms in total. The number of hydrogen-bond acceptors (Lipinski definition) is 2. The van der Waals surface area contributed by atoms with Crippen molar-refractivity contribution < 1.29 is 9.90 Å². The highest BCUT2D eigenvalue weighted by atomic mass is 16.4. The molecule has 1 aliphatic heterocycles. The molecule has 0 saturated carbocycles. The quantitative estimate of drug-likeness (QED) is 0.681. The summed E-state index contributed by atoms with van der Waals surface area (Å²) in [7, 11) is 0. The van der Waals surface area contributed by atoms with Gasteiger partial charge >= 0.3 is 5.97 Å². The van der Waals surface area contributed by atoms with Gasteiger partial charge in [0.2, 0.25) is 0 Å². The third-order valence-electron chi connectivity index (χ3n) is 2.49. The van der Waals surface area contributed by atoms with Gasteiger partial charge in [-0.15, -0.1) is 0 Å². The number of carboxylic acids is 1. The molecule has 0 aliphatic carbocycles. The second kappa shape index (κ2) is 3.90. The maximum absolute atomic E-state index is 10.8. The van der Waals surface area contributed by atoms with Gasteiger partial charge in [0.1, 0.15) is 6.04 Å². The minimum absolute atomic E-state index is 0.237. The highest BCUT2D eigenvalue weighted by Crippen LogP contribution is 2.19. The van der Waals surface area contributed by atoms with Crippen molar-refractivity contribution in [3.05, 3.63) is 0 Å². The molecule has 1 heterocycles. The van der Waals surface area contributed by atoms with Crippen molar-refractivity contribution in [2.45, 2.75) is 45.2 Å². The van der Waals surface area contributed by atoms with Crippen LogP contribution >= 0.6 is 0 Å². The second-order valence-electron chi connectivity index (χ2n) is 3.68. The number of hydrogen-bond donors (Lipinski definition) is 1. The van der Waals surface area contributed by atoms with E-state index in [9.17, 15) is 4.79 Å². The molecule has 0 aromatic carbocycles. The van der Waals surface area contributed by atoms with E-state index >= 15 is 0 Å². The number of carbonyl (C=O) groups is 1. The van der Waals surface area contributed by atoms with Gasteiger partial charge in [-0.1, -0.05) is 6.42 Å². The summed E-state index contributed by atoms with van der Waals surface area (Å²) in [6.07, 6.45) is 3.01. The number of aliphatic carboxylic acids is 1.